The molecule has 4 heteroatoms. The average molecular weight is 283 g/mol. The summed E-state index contributed by atoms with van der Waals surface area (Å²) in [5.41, 5.74) is 5.97. The molecule has 1 heterocycles. The fourth-order valence-electron chi connectivity index (χ4n) is 2.78. The van der Waals surface area contributed by atoms with Crippen LogP contribution in [0.5, 0.6) is 0 Å². The first-order valence-corrected chi connectivity index (χ1v) is 8.06. The van der Waals surface area contributed by atoms with Crippen molar-refractivity contribution in [3.8, 4) is 0 Å². The lowest BCUT2D eigenvalue weighted by Crippen LogP contribution is -2.56. The normalized spacial score (nSPS) is 24.2. The molecule has 1 amide bonds. The van der Waals surface area contributed by atoms with E-state index in [1.54, 1.807) is 0 Å². The molecule has 3 unspecified atom stereocenters. The predicted molar refractivity (Wildman–Crippen MR) is 84.5 cm³/mol. The Morgan fingerprint density at radius 2 is 2.15 bits per heavy atom. The quantitative estimate of drug-likeness (QED) is 0.784. The molecule has 1 rings (SSSR count). The van der Waals surface area contributed by atoms with Crippen LogP contribution in [0.15, 0.2) is 0 Å². The van der Waals surface area contributed by atoms with Gasteiger partial charge in [0, 0.05) is 18.6 Å². The van der Waals surface area contributed by atoms with Crippen LogP contribution in [0.3, 0.4) is 0 Å². The number of nitrogens with one attached hydrogen (secondary N) is 1. The van der Waals surface area contributed by atoms with Gasteiger partial charge in [0.25, 0.3) is 0 Å². The van der Waals surface area contributed by atoms with Gasteiger partial charge in [0.05, 0.1) is 6.04 Å². The molecule has 3 atom stereocenters. The molecule has 0 saturated carbocycles. The highest BCUT2D eigenvalue weighted by atomic mass is 16.2. The van der Waals surface area contributed by atoms with Gasteiger partial charge in [-0.15, -0.1) is 0 Å². The Labute approximate surface area is 124 Å². The maximum absolute atomic E-state index is 12.1. The van der Waals surface area contributed by atoms with Gasteiger partial charge < -0.3 is 11.1 Å². The van der Waals surface area contributed by atoms with E-state index >= 15 is 0 Å². The number of carbonyl (C=O) groups is 1. The second-order valence-corrected chi connectivity index (χ2v) is 7.13. The van der Waals surface area contributed by atoms with Gasteiger partial charge in [-0.05, 0) is 45.1 Å². The maximum atomic E-state index is 12.1. The number of piperidine rings is 1. The van der Waals surface area contributed by atoms with Crippen molar-refractivity contribution in [3.63, 3.8) is 0 Å². The lowest BCUT2D eigenvalue weighted by Gasteiger charge is -2.43. The molecule has 1 saturated heterocycles. The highest BCUT2D eigenvalue weighted by molar-refractivity contribution is 5.81. The summed E-state index contributed by atoms with van der Waals surface area (Å²) in [5, 5.41) is 3.04. The van der Waals surface area contributed by atoms with Crippen molar-refractivity contribution < 1.29 is 4.79 Å². The van der Waals surface area contributed by atoms with E-state index in [0.717, 1.165) is 25.4 Å². The van der Waals surface area contributed by atoms with E-state index in [2.05, 4.69) is 37.9 Å². The van der Waals surface area contributed by atoms with Crippen molar-refractivity contribution in [2.24, 2.45) is 17.6 Å². The van der Waals surface area contributed by atoms with Gasteiger partial charge in [-0.1, -0.05) is 27.2 Å². The van der Waals surface area contributed by atoms with Crippen LogP contribution < -0.4 is 11.1 Å². The molecule has 3 N–H and O–H groups in total. The molecule has 1 aliphatic rings. The third-order valence-electron chi connectivity index (χ3n) is 4.77. The lowest BCUT2D eigenvalue weighted by atomic mass is 9.93. The van der Waals surface area contributed by atoms with Crippen LogP contribution in [-0.2, 0) is 4.79 Å². The van der Waals surface area contributed by atoms with Gasteiger partial charge in [-0.25, -0.2) is 0 Å². The van der Waals surface area contributed by atoms with Crippen molar-refractivity contribution in [1.29, 1.82) is 0 Å². The van der Waals surface area contributed by atoms with Crippen LogP contribution in [0, 0.1) is 11.8 Å². The minimum Gasteiger partial charge on any atom is -0.353 e. The largest absolute Gasteiger partial charge is 0.353 e. The van der Waals surface area contributed by atoms with E-state index in [4.69, 9.17) is 5.73 Å². The van der Waals surface area contributed by atoms with E-state index in [1.807, 2.05) is 6.92 Å². The Morgan fingerprint density at radius 1 is 1.50 bits per heavy atom. The summed E-state index contributed by atoms with van der Waals surface area (Å²) in [7, 11) is 0. The van der Waals surface area contributed by atoms with Crippen molar-refractivity contribution in [2.75, 3.05) is 19.6 Å². The summed E-state index contributed by atoms with van der Waals surface area (Å²) in [6.45, 7) is 13.7. The zero-order valence-corrected chi connectivity index (χ0v) is 13.9. The third kappa shape index (κ3) is 4.74. The van der Waals surface area contributed by atoms with Gasteiger partial charge in [-0.2, -0.15) is 0 Å². The highest BCUT2D eigenvalue weighted by Gasteiger charge is 2.31. The average Bonchev–Trinajstić information content (AvgIpc) is 2.43. The fraction of sp³-hybridized carbons (Fsp3) is 0.938. The van der Waals surface area contributed by atoms with E-state index in [0.29, 0.717) is 6.54 Å². The van der Waals surface area contributed by atoms with Crippen molar-refractivity contribution in [2.45, 2.75) is 65.5 Å². The molecule has 0 spiro atoms. The molecule has 0 aliphatic carbocycles. The number of amides is 1. The van der Waals surface area contributed by atoms with Crippen molar-refractivity contribution in [1.82, 2.24) is 10.2 Å². The van der Waals surface area contributed by atoms with Gasteiger partial charge >= 0.3 is 0 Å². The van der Waals surface area contributed by atoms with E-state index < -0.39 is 6.04 Å². The number of hydrogen-bond donors (Lipinski definition) is 2. The first-order chi connectivity index (χ1) is 9.27. The Hall–Kier alpha value is -0.610. The molecular formula is C16H33N3O. The second kappa shape index (κ2) is 7.41. The van der Waals surface area contributed by atoms with Crippen LogP contribution in [0.1, 0.15) is 53.9 Å². The number of carbonyl (C=O) groups excluding carboxylic acids is 1. The minimum atomic E-state index is -0.393. The minimum absolute atomic E-state index is 0.000483. The number of likely N-dealkylation sites (tertiary alicyclic amines) is 1. The third-order valence-corrected chi connectivity index (χ3v) is 4.77. The standard InChI is InChI=1S/C16H33N3O/c1-6-13(3)14(17)15(20)18-11-16(4,5)19-9-7-8-12(2)10-19/h12-14H,6-11,17H2,1-5H3,(H,18,20). The van der Waals surface area contributed by atoms with Gasteiger partial charge in [0.2, 0.25) is 5.91 Å². The monoisotopic (exact) mass is 283 g/mol. The Bertz CT molecular complexity index is 317. The highest BCUT2D eigenvalue weighted by Crippen LogP contribution is 2.23. The maximum Gasteiger partial charge on any atom is 0.237 e. The summed E-state index contributed by atoms with van der Waals surface area (Å²) in [5.74, 6) is 0.965. The summed E-state index contributed by atoms with van der Waals surface area (Å²) in [6.07, 6.45) is 3.50. The predicted octanol–water partition coefficient (Wildman–Crippen LogP) is 1.99. The van der Waals surface area contributed by atoms with Crippen molar-refractivity contribution >= 4 is 5.91 Å². The lowest BCUT2D eigenvalue weighted by molar-refractivity contribution is -0.124. The molecule has 0 radical (unpaired) electrons. The Kier molecular flexibility index (Phi) is 6.46. The summed E-state index contributed by atoms with van der Waals surface area (Å²) >= 11 is 0. The Balaban J connectivity index is 2.48. The molecule has 0 aromatic heterocycles. The van der Waals surface area contributed by atoms with Crippen LogP contribution in [0.25, 0.3) is 0 Å². The van der Waals surface area contributed by atoms with Crippen LogP contribution >= 0.6 is 0 Å². The molecule has 1 fully saturated rings. The zero-order chi connectivity index (χ0) is 15.3. The molecule has 0 aromatic rings. The fourth-order valence-corrected chi connectivity index (χ4v) is 2.78. The second-order valence-electron chi connectivity index (χ2n) is 7.13. The number of hydrogen-bond acceptors (Lipinski definition) is 3. The van der Waals surface area contributed by atoms with E-state index in [9.17, 15) is 4.79 Å². The number of nitrogens with two attached hydrogens (primary N) is 1. The smallest absolute Gasteiger partial charge is 0.237 e. The Morgan fingerprint density at radius 3 is 2.70 bits per heavy atom. The number of rotatable bonds is 6. The van der Waals surface area contributed by atoms with Crippen LogP contribution in [0.2, 0.25) is 0 Å². The molecular weight excluding hydrogens is 250 g/mol. The van der Waals surface area contributed by atoms with E-state index in [1.165, 1.54) is 12.8 Å². The van der Waals surface area contributed by atoms with Crippen molar-refractivity contribution in [3.05, 3.63) is 0 Å². The van der Waals surface area contributed by atoms with Gasteiger partial charge in [-0.3, -0.25) is 9.69 Å². The first-order valence-electron chi connectivity index (χ1n) is 8.06. The molecule has 0 bridgehead atoms. The summed E-state index contributed by atoms with van der Waals surface area (Å²) < 4.78 is 0. The zero-order valence-electron chi connectivity index (χ0n) is 13.9. The first kappa shape index (κ1) is 17.4. The topological polar surface area (TPSA) is 58.4 Å². The summed E-state index contributed by atoms with van der Waals surface area (Å²) in [6, 6.07) is -0.393. The SMILES string of the molecule is CCC(C)C(N)C(=O)NCC(C)(C)N1CCCC(C)C1. The molecule has 20 heavy (non-hydrogen) atoms. The number of nitrogens with zero attached hydrogens (tertiary/aromatic N) is 1. The molecule has 4 nitrogen and oxygen atoms in total. The van der Waals surface area contributed by atoms with Gasteiger partial charge in [0.1, 0.15) is 0 Å². The van der Waals surface area contributed by atoms with Gasteiger partial charge in [0.15, 0.2) is 0 Å². The van der Waals surface area contributed by atoms with E-state index in [-0.39, 0.29) is 17.4 Å². The molecule has 0 aromatic carbocycles. The molecule has 118 valence electrons. The molecule has 1 aliphatic heterocycles. The van der Waals surface area contributed by atoms with Crippen LogP contribution in [-0.4, -0.2) is 42.0 Å². The van der Waals surface area contributed by atoms with Crippen LogP contribution in [0.4, 0.5) is 0 Å². The summed E-state index contributed by atoms with van der Waals surface area (Å²) in [4.78, 5) is 14.6.